The van der Waals surface area contributed by atoms with Gasteiger partial charge in [-0.2, -0.15) is 13.2 Å². The quantitative estimate of drug-likeness (QED) is 0.111. The molecule has 0 aliphatic heterocycles. The Balaban J connectivity index is 0.000000444. The summed E-state index contributed by atoms with van der Waals surface area (Å²) in [5, 5.41) is 5.31. The Hall–Kier alpha value is -4.62. The maximum absolute atomic E-state index is 10.7. The highest BCUT2D eigenvalue weighted by Crippen LogP contribution is 2.54. The number of nitrogens with zero attached hydrogens (tertiary/aromatic N) is 1. The van der Waals surface area contributed by atoms with E-state index < -0.39 is 22.9 Å². The van der Waals surface area contributed by atoms with Gasteiger partial charge in [-0.05, 0) is 53.6 Å². The van der Waals surface area contributed by atoms with Gasteiger partial charge in [0.05, 0.1) is 5.69 Å². The van der Waals surface area contributed by atoms with Gasteiger partial charge in [0.15, 0.2) is 10.1 Å². The van der Waals surface area contributed by atoms with Gasteiger partial charge in [-0.3, -0.25) is 4.98 Å². The minimum Gasteiger partial charge on any atom is -0.741 e. The van der Waals surface area contributed by atoms with E-state index in [2.05, 4.69) is 158 Å². The lowest BCUT2D eigenvalue weighted by molar-refractivity contribution is -0.0517. The van der Waals surface area contributed by atoms with Gasteiger partial charge in [0.1, 0.15) is 28.5 Å². The normalized spacial score (nSPS) is 11.7. The molecule has 5 aromatic carbocycles. The zero-order chi connectivity index (χ0) is 31.9. The van der Waals surface area contributed by atoms with Crippen LogP contribution in [0.15, 0.2) is 164 Å². The fourth-order valence-corrected chi connectivity index (χ4v) is 9.35. The minimum atomic E-state index is -6.09. The van der Waals surface area contributed by atoms with Crippen LogP contribution in [0.25, 0.3) is 22.4 Å². The van der Waals surface area contributed by atoms with Crippen molar-refractivity contribution < 1.29 is 26.1 Å². The third kappa shape index (κ3) is 7.04. The molecule has 0 saturated carbocycles. The summed E-state index contributed by atoms with van der Waals surface area (Å²) in [6.07, 6.45) is 1.97. The molecule has 0 aliphatic carbocycles. The molecule has 0 spiro atoms. The predicted molar refractivity (Wildman–Crippen MR) is 176 cm³/mol. The molecule has 0 aliphatic rings. The van der Waals surface area contributed by atoms with E-state index in [1.54, 1.807) is 0 Å². The van der Waals surface area contributed by atoms with Crippen molar-refractivity contribution in [3.05, 3.63) is 164 Å². The van der Waals surface area contributed by atoms with Crippen molar-refractivity contribution >= 4 is 38.6 Å². The molecule has 1 heterocycles. The molecule has 0 atom stereocenters. The second kappa shape index (κ2) is 13.6. The molecule has 9 heteroatoms. The molecule has 0 amide bonds. The van der Waals surface area contributed by atoms with Crippen LogP contribution in [0.2, 0.25) is 0 Å². The number of hydrogen-bond donors (Lipinski definition) is 0. The molecule has 1 aromatic heterocycles. The Morgan fingerprint density at radius 3 is 1.27 bits per heavy atom. The summed E-state index contributed by atoms with van der Waals surface area (Å²) in [4.78, 5) is 4.82. The van der Waals surface area contributed by atoms with Gasteiger partial charge >= 0.3 is 5.51 Å². The summed E-state index contributed by atoms with van der Waals surface area (Å²) in [6.45, 7) is 0. The molecule has 226 valence electrons. The molecule has 0 N–H and O–H groups in total. The zero-order valence-corrected chi connectivity index (χ0v) is 25.5. The molecular weight excluding hydrogens is 614 g/mol. The number of alkyl halides is 3. The summed E-state index contributed by atoms with van der Waals surface area (Å²) in [6, 6.07) is 56.6. The van der Waals surface area contributed by atoms with E-state index in [1.165, 1.54) is 32.3 Å². The maximum atomic E-state index is 10.7. The van der Waals surface area contributed by atoms with Crippen LogP contribution in [0.3, 0.4) is 0 Å². The molecule has 0 saturated heterocycles. The third-order valence-corrected chi connectivity index (χ3v) is 12.0. The van der Waals surface area contributed by atoms with Crippen molar-refractivity contribution in [1.29, 1.82) is 0 Å². The van der Waals surface area contributed by atoms with Gasteiger partial charge in [-0.15, -0.1) is 0 Å². The highest BCUT2D eigenvalue weighted by Gasteiger charge is 2.48. The van der Waals surface area contributed by atoms with Crippen LogP contribution >= 0.6 is 7.26 Å². The fourth-order valence-electron chi connectivity index (χ4n) is 5.10. The highest BCUT2D eigenvalue weighted by atomic mass is 32.2. The highest BCUT2D eigenvalue weighted by molar-refractivity contribution is 8.01. The van der Waals surface area contributed by atoms with E-state index in [0.29, 0.717) is 0 Å². The fraction of sp³-hybridized carbons (Fsp3) is 0.0278. The second-order valence-corrected chi connectivity index (χ2v) is 14.7. The molecule has 6 rings (SSSR count). The minimum absolute atomic E-state index is 0.990. The smallest absolute Gasteiger partial charge is 0.485 e. The van der Waals surface area contributed by atoms with E-state index in [4.69, 9.17) is 18.0 Å². The number of rotatable bonds is 6. The van der Waals surface area contributed by atoms with Crippen LogP contribution < -0.4 is 21.2 Å². The predicted octanol–water partition coefficient (Wildman–Crippen LogP) is 7.09. The average Bonchev–Trinajstić information content (AvgIpc) is 3.07. The number of benzene rings is 5. The third-order valence-electron chi connectivity index (χ3n) is 7.13. The molecule has 6 aromatic rings. The summed E-state index contributed by atoms with van der Waals surface area (Å²) >= 11 is 0. The van der Waals surface area contributed by atoms with Crippen molar-refractivity contribution in [1.82, 2.24) is 4.98 Å². The Morgan fingerprint density at radius 1 is 0.511 bits per heavy atom. The Labute approximate surface area is 261 Å². The number of aromatic nitrogens is 1. The first-order valence-electron chi connectivity index (χ1n) is 13.8. The molecule has 0 bridgehead atoms. The summed E-state index contributed by atoms with van der Waals surface area (Å²) in [5.41, 5.74) is -1.11. The summed E-state index contributed by atoms with van der Waals surface area (Å²) in [7, 11) is -8.24. The van der Waals surface area contributed by atoms with E-state index in [1.807, 2.05) is 6.20 Å². The van der Waals surface area contributed by atoms with Crippen molar-refractivity contribution in [2.75, 3.05) is 0 Å². The van der Waals surface area contributed by atoms with Crippen molar-refractivity contribution in [2.45, 2.75) is 5.51 Å². The van der Waals surface area contributed by atoms with Gasteiger partial charge < -0.3 is 4.55 Å². The largest absolute Gasteiger partial charge is 0.741 e. The summed E-state index contributed by atoms with van der Waals surface area (Å²) < 4.78 is 58.9. The number of pyridine rings is 1. The molecule has 0 radical (unpaired) electrons. The standard InChI is InChI=1S/C35H27NP.CHF3O3S/c1-5-13-28(14-6-1)29-21-23-30(24-22-29)35-27-34(25-26-36-35)37(31-15-7-2-8-16-31,32-17-9-3-10-18-32)33-19-11-4-12-20-33;2-1(3,4)8(5,6)7/h1-27H;(H,5,6,7)/q+1;/p-1. The van der Waals surface area contributed by atoms with Crippen LogP contribution in [-0.2, 0) is 10.1 Å². The van der Waals surface area contributed by atoms with Gasteiger partial charge in [0, 0.05) is 17.8 Å². The maximum Gasteiger partial charge on any atom is 0.485 e. The van der Waals surface area contributed by atoms with E-state index >= 15 is 0 Å². The van der Waals surface area contributed by atoms with Crippen LogP contribution in [0.5, 0.6) is 0 Å². The first-order valence-corrected chi connectivity index (χ1v) is 17.0. The number of hydrogen-bond acceptors (Lipinski definition) is 4. The molecule has 4 nitrogen and oxygen atoms in total. The van der Waals surface area contributed by atoms with Gasteiger partial charge in [-0.25, -0.2) is 8.42 Å². The van der Waals surface area contributed by atoms with Crippen molar-refractivity contribution in [2.24, 2.45) is 0 Å². The topological polar surface area (TPSA) is 70.1 Å². The second-order valence-electron chi connectivity index (χ2n) is 9.92. The zero-order valence-electron chi connectivity index (χ0n) is 23.7. The van der Waals surface area contributed by atoms with E-state index in [0.717, 1.165) is 11.3 Å². The Kier molecular flexibility index (Phi) is 9.59. The average molecular weight is 642 g/mol. The molecule has 0 unspecified atom stereocenters. The monoisotopic (exact) mass is 641 g/mol. The number of halogens is 3. The van der Waals surface area contributed by atoms with Gasteiger partial charge in [0.2, 0.25) is 0 Å². The Bertz CT molecular complexity index is 1840. The van der Waals surface area contributed by atoms with Crippen LogP contribution in [0, 0.1) is 0 Å². The van der Waals surface area contributed by atoms with E-state index in [9.17, 15) is 13.2 Å². The van der Waals surface area contributed by atoms with E-state index in [-0.39, 0.29) is 0 Å². The van der Waals surface area contributed by atoms with Gasteiger partial charge in [-0.1, -0.05) is 109 Å². The SMILES string of the molecule is O=S(=O)([O-])C(F)(F)F.c1ccc(-c2ccc(-c3cc([P+](c4ccccc4)(c4ccccc4)c4ccccc4)ccn3)cc2)cc1. The first-order chi connectivity index (χ1) is 21.6. The Morgan fingerprint density at radius 2 is 0.867 bits per heavy atom. The molecule has 0 fully saturated rings. The first kappa shape index (κ1) is 31.8. The van der Waals surface area contributed by atoms with Crippen LogP contribution in [0.4, 0.5) is 13.2 Å². The molecule has 45 heavy (non-hydrogen) atoms. The van der Waals surface area contributed by atoms with Crippen molar-refractivity contribution in [3.63, 3.8) is 0 Å². The van der Waals surface area contributed by atoms with Gasteiger partial charge in [0.25, 0.3) is 0 Å². The molecular formula is C36H27F3NO3PS. The van der Waals surface area contributed by atoms with Crippen LogP contribution in [0.1, 0.15) is 0 Å². The lowest BCUT2D eigenvalue weighted by atomic mass is 10.0. The van der Waals surface area contributed by atoms with Crippen molar-refractivity contribution in [3.8, 4) is 22.4 Å². The summed E-state index contributed by atoms with van der Waals surface area (Å²) in [5.74, 6) is 0. The lowest BCUT2D eigenvalue weighted by Gasteiger charge is -2.27. The lowest BCUT2D eigenvalue weighted by Crippen LogP contribution is -2.38. The van der Waals surface area contributed by atoms with Crippen LogP contribution in [-0.4, -0.2) is 23.5 Å².